The van der Waals surface area contributed by atoms with E-state index in [4.69, 9.17) is 0 Å². The molecule has 1 aliphatic heterocycles. The number of halogens is 1. The summed E-state index contributed by atoms with van der Waals surface area (Å²) in [5.74, 6) is 1.11. The number of carbonyl (C=O) groups is 1. The molecule has 2 fully saturated rings. The molecule has 1 aromatic rings. The number of alkyl halides is 1. The Balaban J connectivity index is 1.71. The lowest BCUT2D eigenvalue weighted by Gasteiger charge is -2.34. The highest BCUT2D eigenvalue weighted by atomic mass is 79.9. The summed E-state index contributed by atoms with van der Waals surface area (Å²) in [5, 5.41) is 1.07. The van der Waals surface area contributed by atoms with E-state index in [9.17, 15) is 4.79 Å². The first-order chi connectivity index (χ1) is 9.26. The molecule has 1 saturated heterocycles. The predicted molar refractivity (Wildman–Crippen MR) is 80.5 cm³/mol. The van der Waals surface area contributed by atoms with Gasteiger partial charge in [-0.2, -0.15) is 0 Å². The summed E-state index contributed by atoms with van der Waals surface area (Å²) in [4.78, 5) is 14.9. The first-order valence-corrected chi connectivity index (χ1v) is 8.29. The van der Waals surface area contributed by atoms with Crippen LogP contribution in [-0.4, -0.2) is 29.2 Å². The molecule has 1 heterocycles. The Bertz CT molecular complexity index is 447. The number of amides is 1. The molecule has 0 bridgehead atoms. The lowest BCUT2D eigenvalue weighted by Crippen LogP contribution is -2.44. The molecule has 2 aliphatic rings. The number of likely N-dealkylation sites (tertiary alicyclic amines) is 1. The van der Waals surface area contributed by atoms with Crippen LogP contribution in [0.4, 0.5) is 0 Å². The molecule has 1 aromatic carbocycles. The summed E-state index contributed by atoms with van der Waals surface area (Å²) in [6, 6.07) is 10.3. The van der Waals surface area contributed by atoms with Crippen LogP contribution in [-0.2, 0) is 10.2 Å². The topological polar surface area (TPSA) is 20.3 Å². The fourth-order valence-electron chi connectivity index (χ4n) is 3.10. The molecule has 0 spiro atoms. The predicted octanol–water partition coefficient (Wildman–Crippen LogP) is 3.35. The Labute approximate surface area is 123 Å². The van der Waals surface area contributed by atoms with Crippen molar-refractivity contribution >= 4 is 21.8 Å². The normalized spacial score (nSPS) is 22.3. The van der Waals surface area contributed by atoms with E-state index in [1.807, 2.05) is 18.2 Å². The Morgan fingerprint density at radius 1 is 1.21 bits per heavy atom. The van der Waals surface area contributed by atoms with Crippen LogP contribution in [0, 0.1) is 5.92 Å². The van der Waals surface area contributed by atoms with Gasteiger partial charge in [-0.3, -0.25) is 4.79 Å². The number of hydrogen-bond acceptors (Lipinski definition) is 1. The van der Waals surface area contributed by atoms with Crippen molar-refractivity contribution in [1.82, 2.24) is 4.90 Å². The van der Waals surface area contributed by atoms with Crippen molar-refractivity contribution in [2.24, 2.45) is 5.92 Å². The minimum atomic E-state index is -0.178. The number of carbonyl (C=O) groups excluding carboxylic acids is 1. The second-order valence-corrected chi connectivity index (χ2v) is 6.49. The van der Waals surface area contributed by atoms with E-state index >= 15 is 0 Å². The molecule has 1 amide bonds. The Hall–Kier alpha value is -0.830. The maximum atomic E-state index is 12.8. The van der Waals surface area contributed by atoms with E-state index in [2.05, 4.69) is 33.0 Å². The van der Waals surface area contributed by atoms with Gasteiger partial charge in [-0.25, -0.2) is 0 Å². The van der Waals surface area contributed by atoms with Crippen LogP contribution in [0.15, 0.2) is 30.3 Å². The average molecular weight is 322 g/mol. The van der Waals surface area contributed by atoms with E-state index in [0.29, 0.717) is 5.91 Å². The van der Waals surface area contributed by atoms with Crippen molar-refractivity contribution in [2.75, 3.05) is 18.4 Å². The van der Waals surface area contributed by atoms with E-state index in [0.717, 1.165) is 50.0 Å². The zero-order chi connectivity index (χ0) is 13.3. The van der Waals surface area contributed by atoms with Crippen molar-refractivity contribution in [2.45, 2.75) is 31.1 Å². The first kappa shape index (κ1) is 13.2. The van der Waals surface area contributed by atoms with Crippen LogP contribution in [0.5, 0.6) is 0 Å². The van der Waals surface area contributed by atoms with Crippen LogP contribution in [0.25, 0.3) is 0 Å². The number of benzene rings is 1. The number of rotatable bonds is 3. The summed E-state index contributed by atoms with van der Waals surface area (Å²) in [5.41, 5.74) is 1.03. The molecule has 102 valence electrons. The minimum absolute atomic E-state index is 0.178. The minimum Gasteiger partial charge on any atom is -0.342 e. The molecular formula is C16H20BrNO. The van der Waals surface area contributed by atoms with Gasteiger partial charge in [0, 0.05) is 18.4 Å². The number of hydrogen-bond donors (Lipinski definition) is 0. The van der Waals surface area contributed by atoms with Crippen molar-refractivity contribution < 1.29 is 4.79 Å². The van der Waals surface area contributed by atoms with Gasteiger partial charge < -0.3 is 4.90 Å². The SMILES string of the molecule is O=C(N1CCC(CBr)CC1)C1(c2ccccc2)CC1. The Morgan fingerprint density at radius 2 is 1.84 bits per heavy atom. The lowest BCUT2D eigenvalue weighted by atomic mass is 9.92. The zero-order valence-corrected chi connectivity index (χ0v) is 12.7. The molecule has 1 aliphatic carbocycles. The molecule has 0 atom stereocenters. The Morgan fingerprint density at radius 3 is 2.37 bits per heavy atom. The van der Waals surface area contributed by atoms with Crippen LogP contribution in [0.3, 0.4) is 0 Å². The van der Waals surface area contributed by atoms with Gasteiger partial charge in [0.15, 0.2) is 0 Å². The van der Waals surface area contributed by atoms with Gasteiger partial charge in [-0.05, 0) is 37.2 Å². The Kier molecular flexibility index (Phi) is 3.66. The summed E-state index contributed by atoms with van der Waals surface area (Å²) in [7, 11) is 0. The molecule has 0 unspecified atom stereocenters. The van der Waals surface area contributed by atoms with Crippen LogP contribution >= 0.6 is 15.9 Å². The van der Waals surface area contributed by atoms with Crippen LogP contribution < -0.4 is 0 Å². The third-order valence-corrected chi connectivity index (χ3v) is 5.52. The fourth-order valence-corrected chi connectivity index (χ4v) is 3.75. The largest absolute Gasteiger partial charge is 0.342 e. The van der Waals surface area contributed by atoms with Crippen molar-refractivity contribution in [1.29, 1.82) is 0 Å². The van der Waals surface area contributed by atoms with Gasteiger partial charge in [0.25, 0.3) is 0 Å². The average Bonchev–Trinajstić information content (AvgIpc) is 3.29. The lowest BCUT2D eigenvalue weighted by molar-refractivity contribution is -0.135. The van der Waals surface area contributed by atoms with Crippen molar-refractivity contribution in [3.8, 4) is 0 Å². The zero-order valence-electron chi connectivity index (χ0n) is 11.1. The molecule has 0 radical (unpaired) electrons. The molecule has 2 nitrogen and oxygen atoms in total. The van der Waals surface area contributed by atoms with E-state index in [-0.39, 0.29) is 5.41 Å². The molecule has 19 heavy (non-hydrogen) atoms. The first-order valence-electron chi connectivity index (χ1n) is 7.17. The molecular weight excluding hydrogens is 302 g/mol. The number of piperidine rings is 1. The second kappa shape index (κ2) is 5.28. The van der Waals surface area contributed by atoms with Gasteiger partial charge in [-0.15, -0.1) is 0 Å². The standard InChI is InChI=1S/C16H20BrNO/c17-12-13-6-10-18(11-7-13)15(19)16(8-9-16)14-4-2-1-3-5-14/h1-5,13H,6-12H2. The van der Waals surface area contributed by atoms with Crippen molar-refractivity contribution in [3.05, 3.63) is 35.9 Å². The van der Waals surface area contributed by atoms with Gasteiger partial charge in [-0.1, -0.05) is 46.3 Å². The van der Waals surface area contributed by atoms with Crippen LogP contribution in [0.2, 0.25) is 0 Å². The highest BCUT2D eigenvalue weighted by Gasteiger charge is 2.53. The van der Waals surface area contributed by atoms with E-state index < -0.39 is 0 Å². The van der Waals surface area contributed by atoms with E-state index in [1.54, 1.807) is 0 Å². The van der Waals surface area contributed by atoms with Gasteiger partial charge in [0.1, 0.15) is 0 Å². The molecule has 0 aromatic heterocycles. The molecule has 0 N–H and O–H groups in total. The van der Waals surface area contributed by atoms with Gasteiger partial charge >= 0.3 is 0 Å². The third-order valence-electron chi connectivity index (χ3n) is 4.61. The van der Waals surface area contributed by atoms with E-state index in [1.165, 1.54) is 5.56 Å². The van der Waals surface area contributed by atoms with Gasteiger partial charge in [0.2, 0.25) is 5.91 Å². The van der Waals surface area contributed by atoms with Gasteiger partial charge in [0.05, 0.1) is 5.41 Å². The monoisotopic (exact) mass is 321 g/mol. The summed E-state index contributed by atoms with van der Waals surface area (Å²) >= 11 is 3.55. The quantitative estimate of drug-likeness (QED) is 0.782. The summed E-state index contributed by atoms with van der Waals surface area (Å²) in [6.07, 6.45) is 4.33. The fraction of sp³-hybridized carbons (Fsp3) is 0.562. The van der Waals surface area contributed by atoms with Crippen molar-refractivity contribution in [3.63, 3.8) is 0 Å². The maximum Gasteiger partial charge on any atom is 0.233 e. The smallest absolute Gasteiger partial charge is 0.233 e. The highest BCUT2D eigenvalue weighted by Crippen LogP contribution is 2.49. The molecule has 1 saturated carbocycles. The summed E-state index contributed by atoms with van der Waals surface area (Å²) in [6.45, 7) is 1.87. The number of nitrogens with zero attached hydrogens (tertiary/aromatic N) is 1. The summed E-state index contributed by atoms with van der Waals surface area (Å²) < 4.78 is 0. The highest BCUT2D eigenvalue weighted by molar-refractivity contribution is 9.09. The third kappa shape index (κ3) is 2.45. The maximum absolute atomic E-state index is 12.8. The molecule has 3 heteroatoms. The molecule has 3 rings (SSSR count). The second-order valence-electron chi connectivity index (χ2n) is 5.84. The van der Waals surface area contributed by atoms with Crippen LogP contribution in [0.1, 0.15) is 31.2 Å².